The number of nitrogens with one attached hydrogen (secondary N) is 1. The minimum Gasteiger partial charge on any atom is -0.382 e. The van der Waals surface area contributed by atoms with Crippen molar-refractivity contribution in [2.75, 3.05) is 5.32 Å². The molecule has 1 saturated carbocycles. The van der Waals surface area contributed by atoms with E-state index in [0.717, 1.165) is 0 Å². The van der Waals surface area contributed by atoms with Crippen LogP contribution in [0.5, 0.6) is 0 Å². The average Bonchev–Trinajstić information content (AvgIpc) is 2.26. The topological polar surface area (TPSA) is 12.0 Å². The molecule has 0 heterocycles. The molecule has 94 valence electrons. The van der Waals surface area contributed by atoms with E-state index in [1.807, 2.05) is 0 Å². The van der Waals surface area contributed by atoms with Crippen molar-refractivity contribution in [2.24, 2.45) is 5.41 Å². The van der Waals surface area contributed by atoms with Crippen LogP contribution < -0.4 is 5.32 Å². The average molecular weight is 343 g/mol. The SMILES string of the molecule is Cc1ccc(I)cc1NC1CCCCC1(C)C. The Hall–Kier alpha value is -0.250. The minimum atomic E-state index is 0.423. The molecule has 1 fully saturated rings. The summed E-state index contributed by atoms with van der Waals surface area (Å²) in [6.45, 7) is 6.98. The highest BCUT2D eigenvalue weighted by Crippen LogP contribution is 2.37. The molecule has 1 unspecified atom stereocenters. The summed E-state index contributed by atoms with van der Waals surface area (Å²) in [6.07, 6.45) is 5.39. The van der Waals surface area contributed by atoms with E-state index < -0.39 is 0 Å². The minimum absolute atomic E-state index is 0.423. The van der Waals surface area contributed by atoms with E-state index >= 15 is 0 Å². The van der Waals surface area contributed by atoms with Crippen LogP contribution in [0.25, 0.3) is 0 Å². The van der Waals surface area contributed by atoms with Gasteiger partial charge in [-0.25, -0.2) is 0 Å². The van der Waals surface area contributed by atoms with Gasteiger partial charge in [-0.2, -0.15) is 0 Å². The van der Waals surface area contributed by atoms with Gasteiger partial charge >= 0.3 is 0 Å². The summed E-state index contributed by atoms with van der Waals surface area (Å²) in [5.41, 5.74) is 3.09. The molecule has 1 nitrogen and oxygen atoms in total. The van der Waals surface area contributed by atoms with Crippen molar-refractivity contribution in [3.05, 3.63) is 27.3 Å². The molecule has 1 aromatic rings. The van der Waals surface area contributed by atoms with Crippen molar-refractivity contribution in [1.29, 1.82) is 0 Å². The van der Waals surface area contributed by atoms with Gasteiger partial charge in [0.2, 0.25) is 0 Å². The van der Waals surface area contributed by atoms with Gasteiger partial charge in [-0.15, -0.1) is 0 Å². The van der Waals surface area contributed by atoms with Crippen molar-refractivity contribution in [1.82, 2.24) is 0 Å². The molecule has 0 radical (unpaired) electrons. The normalized spacial score (nSPS) is 23.4. The summed E-state index contributed by atoms with van der Waals surface area (Å²) in [7, 11) is 0. The van der Waals surface area contributed by atoms with Gasteiger partial charge in [-0.05, 0) is 65.5 Å². The fourth-order valence-corrected chi connectivity index (χ4v) is 3.19. The van der Waals surface area contributed by atoms with Crippen LogP contribution in [-0.4, -0.2) is 6.04 Å². The number of benzene rings is 1. The summed E-state index contributed by atoms with van der Waals surface area (Å²) in [5, 5.41) is 3.78. The molecule has 0 amide bonds. The van der Waals surface area contributed by atoms with Gasteiger partial charge < -0.3 is 5.32 Å². The van der Waals surface area contributed by atoms with Crippen molar-refractivity contribution >= 4 is 28.3 Å². The smallest absolute Gasteiger partial charge is 0.0382 e. The maximum Gasteiger partial charge on any atom is 0.0382 e. The standard InChI is InChI=1S/C15H22IN/c1-11-7-8-12(16)10-13(11)17-14-6-4-5-9-15(14,2)3/h7-8,10,14,17H,4-6,9H2,1-3H3. The van der Waals surface area contributed by atoms with E-state index in [0.29, 0.717) is 11.5 Å². The molecule has 17 heavy (non-hydrogen) atoms. The van der Waals surface area contributed by atoms with E-state index in [2.05, 4.69) is 66.9 Å². The quantitative estimate of drug-likeness (QED) is 0.747. The lowest BCUT2D eigenvalue weighted by molar-refractivity contribution is 0.217. The molecule has 1 aromatic carbocycles. The van der Waals surface area contributed by atoms with Crippen LogP contribution in [0.4, 0.5) is 5.69 Å². The molecule has 1 atom stereocenters. The largest absolute Gasteiger partial charge is 0.382 e. The second kappa shape index (κ2) is 5.17. The first kappa shape index (κ1) is 13.2. The van der Waals surface area contributed by atoms with Crippen molar-refractivity contribution in [2.45, 2.75) is 52.5 Å². The molecule has 0 saturated heterocycles. The first-order valence-electron chi connectivity index (χ1n) is 6.52. The second-order valence-electron chi connectivity index (χ2n) is 5.89. The molecule has 1 N–H and O–H groups in total. The lowest BCUT2D eigenvalue weighted by Crippen LogP contribution is -2.39. The lowest BCUT2D eigenvalue weighted by Gasteiger charge is -2.40. The third-order valence-corrected chi connectivity index (χ3v) is 4.71. The molecular weight excluding hydrogens is 321 g/mol. The Balaban J connectivity index is 2.16. The van der Waals surface area contributed by atoms with Gasteiger partial charge in [0, 0.05) is 15.3 Å². The molecule has 0 spiro atoms. The van der Waals surface area contributed by atoms with Crippen molar-refractivity contribution in [3.8, 4) is 0 Å². The van der Waals surface area contributed by atoms with Crippen molar-refractivity contribution < 1.29 is 0 Å². The Kier molecular flexibility index (Phi) is 4.01. The Bertz CT molecular complexity index is 398. The monoisotopic (exact) mass is 343 g/mol. The molecular formula is C15H22IN. The number of halogens is 1. The summed E-state index contributed by atoms with van der Waals surface area (Å²) < 4.78 is 1.31. The van der Waals surface area contributed by atoms with Crippen LogP contribution in [0.15, 0.2) is 18.2 Å². The highest BCUT2D eigenvalue weighted by molar-refractivity contribution is 14.1. The predicted octanol–water partition coefficient (Wildman–Crippen LogP) is 4.98. The Morgan fingerprint density at radius 2 is 2.06 bits per heavy atom. The molecule has 0 bridgehead atoms. The second-order valence-corrected chi connectivity index (χ2v) is 7.14. The van der Waals surface area contributed by atoms with Crippen molar-refractivity contribution in [3.63, 3.8) is 0 Å². The molecule has 0 aromatic heterocycles. The number of rotatable bonds is 2. The molecule has 2 heteroatoms. The molecule has 0 aliphatic heterocycles. The zero-order valence-electron chi connectivity index (χ0n) is 11.0. The van der Waals surface area contributed by atoms with Crippen LogP contribution in [0.3, 0.4) is 0 Å². The van der Waals surface area contributed by atoms with Gasteiger partial charge in [-0.1, -0.05) is 32.8 Å². The van der Waals surface area contributed by atoms with E-state index in [9.17, 15) is 0 Å². The number of hydrogen-bond acceptors (Lipinski definition) is 1. The first-order chi connectivity index (χ1) is 7.99. The van der Waals surface area contributed by atoms with Gasteiger partial charge in [0.1, 0.15) is 0 Å². The van der Waals surface area contributed by atoms with Gasteiger partial charge in [0.25, 0.3) is 0 Å². The lowest BCUT2D eigenvalue weighted by atomic mass is 9.73. The Morgan fingerprint density at radius 1 is 1.29 bits per heavy atom. The number of hydrogen-bond donors (Lipinski definition) is 1. The fourth-order valence-electron chi connectivity index (χ4n) is 2.70. The maximum absolute atomic E-state index is 3.78. The molecule has 1 aliphatic rings. The number of anilines is 1. The zero-order chi connectivity index (χ0) is 12.5. The van der Waals surface area contributed by atoms with Crippen LogP contribution in [0.1, 0.15) is 45.1 Å². The summed E-state index contributed by atoms with van der Waals surface area (Å²) in [6, 6.07) is 7.27. The summed E-state index contributed by atoms with van der Waals surface area (Å²) >= 11 is 2.39. The van der Waals surface area contributed by atoms with Crippen LogP contribution >= 0.6 is 22.6 Å². The van der Waals surface area contributed by atoms with E-state index in [1.54, 1.807) is 0 Å². The maximum atomic E-state index is 3.78. The van der Waals surface area contributed by atoms with Crippen LogP contribution in [-0.2, 0) is 0 Å². The third kappa shape index (κ3) is 3.15. The van der Waals surface area contributed by atoms with Gasteiger partial charge in [0.15, 0.2) is 0 Å². The van der Waals surface area contributed by atoms with E-state index in [-0.39, 0.29) is 0 Å². The fraction of sp³-hybridized carbons (Fsp3) is 0.600. The number of aryl methyl sites for hydroxylation is 1. The first-order valence-corrected chi connectivity index (χ1v) is 7.59. The third-order valence-electron chi connectivity index (χ3n) is 4.04. The summed E-state index contributed by atoms with van der Waals surface area (Å²) in [5.74, 6) is 0. The zero-order valence-corrected chi connectivity index (χ0v) is 13.2. The Labute approximate surface area is 119 Å². The van der Waals surface area contributed by atoms with Crippen LogP contribution in [0.2, 0.25) is 0 Å². The summed E-state index contributed by atoms with van der Waals surface area (Å²) in [4.78, 5) is 0. The Morgan fingerprint density at radius 3 is 2.76 bits per heavy atom. The highest BCUT2D eigenvalue weighted by Gasteiger charge is 2.32. The van der Waals surface area contributed by atoms with E-state index in [1.165, 1.54) is 40.5 Å². The van der Waals surface area contributed by atoms with Crippen LogP contribution in [0, 0.1) is 15.9 Å². The van der Waals surface area contributed by atoms with Gasteiger partial charge in [-0.3, -0.25) is 0 Å². The van der Waals surface area contributed by atoms with Gasteiger partial charge in [0.05, 0.1) is 0 Å². The predicted molar refractivity (Wildman–Crippen MR) is 83.6 cm³/mol. The van der Waals surface area contributed by atoms with E-state index in [4.69, 9.17) is 0 Å². The highest BCUT2D eigenvalue weighted by atomic mass is 127. The molecule has 2 rings (SSSR count). The molecule has 1 aliphatic carbocycles.